The lowest BCUT2D eigenvalue weighted by Gasteiger charge is -2.35. The fourth-order valence-corrected chi connectivity index (χ4v) is 4.05. The molecule has 0 bridgehead atoms. The van der Waals surface area contributed by atoms with Crippen LogP contribution < -0.4 is 0 Å². The van der Waals surface area contributed by atoms with Crippen molar-refractivity contribution >= 4 is 10.0 Å². The van der Waals surface area contributed by atoms with Gasteiger partial charge in [-0.25, -0.2) is 8.42 Å². The van der Waals surface area contributed by atoms with Crippen molar-refractivity contribution in [3.8, 4) is 0 Å². The maximum Gasteiger partial charge on any atom is 0.405 e. The van der Waals surface area contributed by atoms with E-state index in [9.17, 15) is 21.6 Å². The third kappa shape index (κ3) is 2.98. The fraction of sp³-hybridized carbons (Fsp3) is 0.538. The van der Waals surface area contributed by atoms with E-state index < -0.39 is 22.2 Å². The molecule has 0 aromatic heterocycles. The average molecular weight is 307 g/mol. The fourth-order valence-electron chi connectivity index (χ4n) is 2.37. The Hall–Kier alpha value is -1.08. The molecule has 0 amide bonds. The highest BCUT2D eigenvalue weighted by atomic mass is 32.2. The van der Waals surface area contributed by atoms with Gasteiger partial charge in [0.2, 0.25) is 10.0 Å². The van der Waals surface area contributed by atoms with Gasteiger partial charge in [-0.15, -0.1) is 0 Å². The summed E-state index contributed by atoms with van der Waals surface area (Å²) in [5.74, 6) is 0. The second kappa shape index (κ2) is 5.37. The molecular weight excluding hydrogens is 291 g/mol. The van der Waals surface area contributed by atoms with Gasteiger partial charge in [0, 0.05) is 6.54 Å². The average Bonchev–Trinajstić information content (AvgIpc) is 2.38. The van der Waals surface area contributed by atoms with Crippen molar-refractivity contribution in [2.75, 3.05) is 6.54 Å². The molecule has 1 atom stereocenters. The number of sulfonamides is 1. The Morgan fingerprint density at radius 3 is 2.30 bits per heavy atom. The first-order chi connectivity index (χ1) is 9.23. The molecule has 1 fully saturated rings. The Morgan fingerprint density at radius 2 is 1.75 bits per heavy atom. The van der Waals surface area contributed by atoms with E-state index in [1.807, 2.05) is 0 Å². The zero-order valence-electron chi connectivity index (χ0n) is 11.0. The summed E-state index contributed by atoms with van der Waals surface area (Å²) in [6.45, 7) is 1.70. The number of aryl methyl sites for hydroxylation is 1. The van der Waals surface area contributed by atoms with E-state index in [1.165, 1.54) is 12.1 Å². The molecule has 1 unspecified atom stereocenters. The maximum atomic E-state index is 13.0. The van der Waals surface area contributed by atoms with Crippen LogP contribution in [0.15, 0.2) is 29.2 Å². The number of rotatable bonds is 2. The minimum absolute atomic E-state index is 0.0829. The summed E-state index contributed by atoms with van der Waals surface area (Å²) in [5, 5.41) is 0. The number of hydrogen-bond donors (Lipinski definition) is 0. The molecule has 1 aliphatic heterocycles. The van der Waals surface area contributed by atoms with Gasteiger partial charge in [0.05, 0.1) is 4.90 Å². The molecule has 0 N–H and O–H groups in total. The zero-order chi connectivity index (χ0) is 15.0. The second-order valence-electron chi connectivity index (χ2n) is 4.98. The molecule has 7 heteroatoms. The number of hydrogen-bond acceptors (Lipinski definition) is 2. The lowest BCUT2D eigenvalue weighted by atomic mass is 10.0. The van der Waals surface area contributed by atoms with Gasteiger partial charge in [-0.3, -0.25) is 0 Å². The lowest BCUT2D eigenvalue weighted by molar-refractivity contribution is -0.177. The Balaban J connectivity index is 2.38. The summed E-state index contributed by atoms with van der Waals surface area (Å²) >= 11 is 0. The van der Waals surface area contributed by atoms with Crippen molar-refractivity contribution in [3.63, 3.8) is 0 Å². The normalized spacial score (nSPS) is 21.9. The van der Waals surface area contributed by atoms with Gasteiger partial charge < -0.3 is 0 Å². The first kappa shape index (κ1) is 15.3. The van der Waals surface area contributed by atoms with Crippen LogP contribution in [0.4, 0.5) is 13.2 Å². The molecule has 0 radical (unpaired) electrons. The molecule has 2 rings (SSSR count). The topological polar surface area (TPSA) is 37.4 Å². The van der Waals surface area contributed by atoms with Gasteiger partial charge in [0.15, 0.2) is 0 Å². The Labute approximate surface area is 116 Å². The van der Waals surface area contributed by atoms with Gasteiger partial charge in [-0.1, -0.05) is 24.1 Å². The van der Waals surface area contributed by atoms with Crippen molar-refractivity contribution in [2.45, 2.75) is 43.3 Å². The van der Waals surface area contributed by atoms with Gasteiger partial charge >= 0.3 is 6.18 Å². The zero-order valence-corrected chi connectivity index (χ0v) is 11.8. The van der Waals surface area contributed by atoms with E-state index in [4.69, 9.17) is 0 Å². The van der Waals surface area contributed by atoms with Crippen molar-refractivity contribution in [1.29, 1.82) is 0 Å². The smallest absolute Gasteiger partial charge is 0.207 e. The lowest BCUT2D eigenvalue weighted by Crippen LogP contribution is -2.51. The third-order valence-electron chi connectivity index (χ3n) is 3.46. The molecule has 1 saturated heterocycles. The monoisotopic (exact) mass is 307 g/mol. The summed E-state index contributed by atoms with van der Waals surface area (Å²) in [6.07, 6.45) is -3.85. The molecule has 1 aromatic carbocycles. The van der Waals surface area contributed by atoms with Crippen molar-refractivity contribution in [2.24, 2.45) is 0 Å². The van der Waals surface area contributed by atoms with E-state index in [0.29, 0.717) is 17.1 Å². The predicted molar refractivity (Wildman–Crippen MR) is 68.8 cm³/mol. The number of halogens is 3. The summed E-state index contributed by atoms with van der Waals surface area (Å²) in [5.41, 5.74) is 0.856. The van der Waals surface area contributed by atoms with Gasteiger partial charge in [0.25, 0.3) is 0 Å². The van der Waals surface area contributed by atoms with Crippen molar-refractivity contribution in [3.05, 3.63) is 29.8 Å². The highest BCUT2D eigenvalue weighted by Gasteiger charge is 2.48. The van der Waals surface area contributed by atoms with E-state index in [1.54, 1.807) is 19.1 Å². The Morgan fingerprint density at radius 1 is 1.15 bits per heavy atom. The highest BCUT2D eigenvalue weighted by Crippen LogP contribution is 2.35. The van der Waals surface area contributed by atoms with E-state index in [0.717, 1.165) is 5.56 Å². The van der Waals surface area contributed by atoms with E-state index >= 15 is 0 Å². The number of piperidine rings is 1. The number of nitrogens with zero attached hydrogens (tertiary/aromatic N) is 1. The molecule has 1 aliphatic rings. The third-order valence-corrected chi connectivity index (χ3v) is 5.38. The Bertz CT molecular complexity index is 566. The minimum atomic E-state index is -4.53. The largest absolute Gasteiger partial charge is 0.405 e. The van der Waals surface area contributed by atoms with Crippen LogP contribution in [0.25, 0.3) is 0 Å². The standard InChI is InChI=1S/C13H16F3NO2S/c1-10-5-7-11(8-6-10)20(18,19)17-9-3-2-4-12(17)13(14,15)16/h5-8,12H,2-4,9H2,1H3. The minimum Gasteiger partial charge on any atom is -0.207 e. The highest BCUT2D eigenvalue weighted by molar-refractivity contribution is 7.89. The first-order valence-electron chi connectivity index (χ1n) is 6.38. The predicted octanol–water partition coefficient (Wildman–Crippen LogP) is 3.10. The van der Waals surface area contributed by atoms with Crippen LogP contribution in [0, 0.1) is 6.92 Å². The summed E-state index contributed by atoms with van der Waals surface area (Å²) in [4.78, 5) is -0.0840. The van der Waals surface area contributed by atoms with Crippen LogP contribution >= 0.6 is 0 Å². The molecule has 20 heavy (non-hydrogen) atoms. The molecule has 112 valence electrons. The number of benzene rings is 1. The van der Waals surface area contributed by atoms with Crippen LogP contribution in [-0.4, -0.2) is 31.5 Å². The van der Waals surface area contributed by atoms with Crippen LogP contribution in [0.3, 0.4) is 0 Å². The van der Waals surface area contributed by atoms with Gasteiger partial charge in [-0.05, 0) is 31.9 Å². The van der Waals surface area contributed by atoms with Crippen LogP contribution in [-0.2, 0) is 10.0 Å². The molecule has 0 saturated carbocycles. The second-order valence-corrected chi connectivity index (χ2v) is 6.87. The van der Waals surface area contributed by atoms with Crippen LogP contribution in [0.5, 0.6) is 0 Å². The SMILES string of the molecule is Cc1ccc(S(=O)(=O)N2CCCCC2C(F)(F)F)cc1. The molecule has 0 spiro atoms. The van der Waals surface area contributed by atoms with Crippen LogP contribution in [0.2, 0.25) is 0 Å². The van der Waals surface area contributed by atoms with E-state index in [2.05, 4.69) is 0 Å². The molecular formula is C13H16F3NO2S. The van der Waals surface area contributed by atoms with Crippen molar-refractivity contribution < 1.29 is 21.6 Å². The summed E-state index contributed by atoms with van der Waals surface area (Å²) in [7, 11) is -4.10. The van der Waals surface area contributed by atoms with Gasteiger partial charge in [0.1, 0.15) is 6.04 Å². The summed E-state index contributed by atoms with van der Waals surface area (Å²) < 4.78 is 64.3. The van der Waals surface area contributed by atoms with E-state index in [-0.39, 0.29) is 17.9 Å². The summed E-state index contributed by atoms with van der Waals surface area (Å²) in [6, 6.07) is 3.96. The first-order valence-corrected chi connectivity index (χ1v) is 7.82. The molecule has 1 heterocycles. The maximum absolute atomic E-state index is 13.0. The number of alkyl halides is 3. The Kier molecular flexibility index (Phi) is 4.11. The molecule has 0 aliphatic carbocycles. The molecule has 3 nitrogen and oxygen atoms in total. The van der Waals surface area contributed by atoms with Crippen LogP contribution in [0.1, 0.15) is 24.8 Å². The van der Waals surface area contributed by atoms with Gasteiger partial charge in [-0.2, -0.15) is 17.5 Å². The van der Waals surface area contributed by atoms with Crippen molar-refractivity contribution in [1.82, 2.24) is 4.31 Å². The quantitative estimate of drug-likeness (QED) is 0.842. The molecule has 1 aromatic rings.